The second kappa shape index (κ2) is 7.18. The molecule has 0 bridgehead atoms. The molecule has 2 N–H and O–H groups in total. The average Bonchev–Trinajstić information content (AvgIpc) is 3.44. The minimum absolute atomic E-state index is 0.0978. The lowest BCUT2D eigenvalue weighted by molar-refractivity contribution is 0.360. The fourth-order valence-corrected chi connectivity index (χ4v) is 5.19. The normalized spacial score (nSPS) is 20.1. The lowest BCUT2D eigenvalue weighted by Crippen LogP contribution is -2.30. The first-order valence-electron chi connectivity index (χ1n) is 9.08. The molecule has 0 radical (unpaired) electrons. The summed E-state index contributed by atoms with van der Waals surface area (Å²) < 4.78 is 62.1. The van der Waals surface area contributed by atoms with Crippen LogP contribution < -0.4 is 14.8 Å². The van der Waals surface area contributed by atoms with Gasteiger partial charge >= 0.3 is 0 Å². The molecule has 154 valence electrons. The Kier molecular flexibility index (Phi) is 4.94. The van der Waals surface area contributed by atoms with Crippen molar-refractivity contribution in [1.29, 1.82) is 0 Å². The first-order valence-corrected chi connectivity index (χ1v) is 10.9. The summed E-state index contributed by atoms with van der Waals surface area (Å²) in [7, 11) is -3.87. The molecule has 0 aromatic heterocycles. The molecule has 9 heteroatoms. The highest BCUT2D eigenvalue weighted by Crippen LogP contribution is 2.49. The SMILES string of the molecule is Cc1ccc(Nc2c(F)c(F)cc3c2NS(=O)(=O)C2(C/C=C/CO3)CC2)c(Cl)c1. The minimum Gasteiger partial charge on any atom is -0.487 e. The smallest absolute Gasteiger partial charge is 0.238 e. The Labute approximate surface area is 172 Å². The zero-order valence-corrected chi connectivity index (χ0v) is 17.1. The predicted octanol–water partition coefficient (Wildman–Crippen LogP) is 5.28. The number of rotatable bonds is 2. The second-order valence-corrected chi connectivity index (χ2v) is 9.79. The first-order chi connectivity index (χ1) is 13.7. The number of halogens is 3. The van der Waals surface area contributed by atoms with Crippen LogP contribution in [0.1, 0.15) is 24.8 Å². The maximum atomic E-state index is 14.8. The van der Waals surface area contributed by atoms with Crippen LogP contribution in [0, 0.1) is 18.6 Å². The van der Waals surface area contributed by atoms with Gasteiger partial charge in [-0.1, -0.05) is 29.8 Å². The lowest BCUT2D eigenvalue weighted by atomic mass is 10.2. The van der Waals surface area contributed by atoms with Crippen molar-refractivity contribution in [2.24, 2.45) is 0 Å². The van der Waals surface area contributed by atoms with Crippen molar-refractivity contribution in [2.45, 2.75) is 30.9 Å². The van der Waals surface area contributed by atoms with E-state index in [4.69, 9.17) is 16.3 Å². The van der Waals surface area contributed by atoms with Gasteiger partial charge in [0.1, 0.15) is 23.7 Å². The standard InChI is InChI=1S/C20H19ClF2N2O3S/c1-12-4-5-15(13(21)10-12)24-19-17(23)14(22)11-16-18(19)25-29(26,27)20(7-8-20)6-2-3-9-28-16/h2-5,10-11,24-25H,6-9H2,1H3/b3-2+. The van der Waals surface area contributed by atoms with Crippen LogP contribution in [-0.2, 0) is 10.0 Å². The Bertz CT molecular complexity index is 1120. The Hall–Kier alpha value is -2.32. The van der Waals surface area contributed by atoms with Gasteiger partial charge in [0.25, 0.3) is 0 Å². The highest BCUT2D eigenvalue weighted by molar-refractivity contribution is 7.94. The third-order valence-corrected chi connectivity index (χ3v) is 7.67. The summed E-state index contributed by atoms with van der Waals surface area (Å²) in [5.74, 6) is -2.51. The van der Waals surface area contributed by atoms with E-state index in [0.29, 0.717) is 24.9 Å². The molecule has 0 amide bonds. The van der Waals surface area contributed by atoms with Crippen LogP contribution in [-0.4, -0.2) is 19.8 Å². The summed E-state index contributed by atoms with van der Waals surface area (Å²) in [6, 6.07) is 5.85. The van der Waals surface area contributed by atoms with Crippen molar-refractivity contribution in [1.82, 2.24) is 0 Å². The third-order valence-electron chi connectivity index (χ3n) is 5.17. The van der Waals surface area contributed by atoms with E-state index in [-0.39, 0.29) is 28.8 Å². The van der Waals surface area contributed by atoms with E-state index in [9.17, 15) is 17.2 Å². The van der Waals surface area contributed by atoms with E-state index in [1.807, 2.05) is 6.92 Å². The number of aryl methyl sites for hydroxylation is 1. The van der Waals surface area contributed by atoms with Crippen LogP contribution >= 0.6 is 11.6 Å². The minimum atomic E-state index is -3.87. The van der Waals surface area contributed by atoms with E-state index in [0.717, 1.165) is 11.6 Å². The van der Waals surface area contributed by atoms with Crippen molar-refractivity contribution in [3.05, 3.63) is 58.6 Å². The molecule has 0 atom stereocenters. The largest absolute Gasteiger partial charge is 0.487 e. The van der Waals surface area contributed by atoms with Crippen molar-refractivity contribution in [3.63, 3.8) is 0 Å². The fraction of sp³-hybridized carbons (Fsp3) is 0.300. The summed E-state index contributed by atoms with van der Waals surface area (Å²) in [6.45, 7) is 1.94. The number of nitrogens with one attached hydrogen (secondary N) is 2. The number of benzene rings is 2. The van der Waals surface area contributed by atoms with Gasteiger partial charge in [-0.3, -0.25) is 4.72 Å². The Morgan fingerprint density at radius 3 is 2.66 bits per heavy atom. The molecule has 2 aromatic rings. The van der Waals surface area contributed by atoms with Crippen molar-refractivity contribution >= 4 is 38.7 Å². The molecule has 1 heterocycles. The molecule has 5 nitrogen and oxygen atoms in total. The maximum absolute atomic E-state index is 14.8. The van der Waals surface area contributed by atoms with Gasteiger partial charge in [-0.15, -0.1) is 0 Å². The van der Waals surface area contributed by atoms with Crippen molar-refractivity contribution in [2.75, 3.05) is 16.6 Å². The summed E-state index contributed by atoms with van der Waals surface area (Å²) >= 11 is 6.21. The zero-order valence-electron chi connectivity index (χ0n) is 15.6. The Morgan fingerprint density at radius 2 is 1.97 bits per heavy atom. The van der Waals surface area contributed by atoms with Crippen LogP contribution in [0.15, 0.2) is 36.4 Å². The first kappa shape index (κ1) is 20.0. The number of sulfonamides is 1. The highest BCUT2D eigenvalue weighted by atomic mass is 35.5. The molecule has 2 aliphatic rings. The van der Waals surface area contributed by atoms with Crippen LogP contribution in [0.3, 0.4) is 0 Å². The molecule has 1 aliphatic carbocycles. The number of fused-ring (bicyclic) bond motifs is 1. The number of ether oxygens (including phenoxy) is 1. The summed E-state index contributed by atoms with van der Waals surface area (Å²) in [6.07, 6.45) is 4.74. The monoisotopic (exact) mass is 440 g/mol. The molecule has 1 saturated carbocycles. The molecule has 0 unspecified atom stereocenters. The second-order valence-electron chi connectivity index (χ2n) is 7.30. The maximum Gasteiger partial charge on any atom is 0.238 e. The van der Waals surface area contributed by atoms with Crippen molar-refractivity contribution < 1.29 is 21.9 Å². The molecule has 1 aliphatic heterocycles. The van der Waals surface area contributed by atoms with Gasteiger partial charge < -0.3 is 10.1 Å². The van der Waals surface area contributed by atoms with E-state index in [1.165, 1.54) is 0 Å². The highest BCUT2D eigenvalue weighted by Gasteiger charge is 2.54. The van der Waals surface area contributed by atoms with E-state index in [2.05, 4.69) is 10.0 Å². The van der Waals surface area contributed by atoms with Gasteiger partial charge in [-0.25, -0.2) is 17.2 Å². The van der Waals surface area contributed by atoms with Gasteiger partial charge in [0.05, 0.1) is 15.5 Å². The van der Waals surface area contributed by atoms with Gasteiger partial charge in [-0.2, -0.15) is 0 Å². The van der Waals surface area contributed by atoms with E-state index < -0.39 is 26.4 Å². The number of hydrogen-bond donors (Lipinski definition) is 2. The quantitative estimate of drug-likeness (QED) is 0.623. The van der Waals surface area contributed by atoms with Crippen LogP contribution in [0.2, 0.25) is 5.02 Å². The molecule has 1 spiro atoms. The van der Waals surface area contributed by atoms with E-state index >= 15 is 0 Å². The average molecular weight is 441 g/mol. The predicted molar refractivity (Wildman–Crippen MR) is 110 cm³/mol. The Balaban J connectivity index is 1.86. The topological polar surface area (TPSA) is 67.4 Å². The van der Waals surface area contributed by atoms with Gasteiger partial charge in [-0.05, 0) is 43.9 Å². The van der Waals surface area contributed by atoms with Crippen molar-refractivity contribution in [3.8, 4) is 5.75 Å². The molecule has 0 saturated heterocycles. The van der Waals surface area contributed by atoms with Gasteiger partial charge in [0, 0.05) is 6.07 Å². The number of hydrogen-bond acceptors (Lipinski definition) is 4. The molecule has 4 rings (SSSR count). The van der Waals surface area contributed by atoms with Gasteiger partial charge in [0.2, 0.25) is 10.0 Å². The number of anilines is 3. The van der Waals surface area contributed by atoms with Crippen LogP contribution in [0.4, 0.5) is 25.8 Å². The third kappa shape index (κ3) is 3.67. The van der Waals surface area contributed by atoms with Crippen LogP contribution in [0.25, 0.3) is 0 Å². The summed E-state index contributed by atoms with van der Waals surface area (Å²) in [5.41, 5.74) is 0.632. The van der Waals surface area contributed by atoms with E-state index in [1.54, 1.807) is 30.4 Å². The van der Waals surface area contributed by atoms with Gasteiger partial charge in [0.15, 0.2) is 11.6 Å². The fourth-order valence-electron chi connectivity index (χ4n) is 3.26. The molecular weight excluding hydrogens is 422 g/mol. The molecule has 1 fully saturated rings. The number of allylic oxidation sites excluding steroid dienone is 1. The zero-order chi connectivity index (χ0) is 20.8. The summed E-state index contributed by atoms with van der Waals surface area (Å²) in [4.78, 5) is 0. The molecular formula is C20H19ClF2N2O3S. The molecule has 29 heavy (non-hydrogen) atoms. The van der Waals surface area contributed by atoms with Crippen LogP contribution in [0.5, 0.6) is 5.75 Å². The summed E-state index contributed by atoms with van der Waals surface area (Å²) in [5, 5.41) is 3.02. The Morgan fingerprint density at radius 1 is 1.21 bits per heavy atom. The lowest BCUT2D eigenvalue weighted by Gasteiger charge is -2.23. The molecule has 2 aromatic carbocycles.